The van der Waals surface area contributed by atoms with Crippen LogP contribution in [0.1, 0.15) is 10.9 Å². The summed E-state index contributed by atoms with van der Waals surface area (Å²) in [7, 11) is 0. The summed E-state index contributed by atoms with van der Waals surface area (Å²) >= 11 is 1.36. The topological polar surface area (TPSA) is 78.7 Å². The highest BCUT2D eigenvalue weighted by atomic mass is 32.1. The largest absolute Gasteiger partial charge is 0.324 e. The minimum atomic E-state index is -0.921. The minimum Gasteiger partial charge on any atom is -0.324 e. The Labute approximate surface area is 124 Å². The van der Waals surface area contributed by atoms with Gasteiger partial charge in [0.25, 0.3) is 0 Å². The number of carbonyl (C=O) groups is 1. The number of aromatic nitrogens is 2. The van der Waals surface area contributed by atoms with E-state index in [0.29, 0.717) is 10.7 Å². The van der Waals surface area contributed by atoms with Gasteiger partial charge in [-0.15, -0.1) is 11.3 Å². The zero-order valence-corrected chi connectivity index (χ0v) is 11.7. The molecule has 0 spiro atoms. The minimum absolute atomic E-state index is 0.386. The van der Waals surface area contributed by atoms with Gasteiger partial charge in [-0.3, -0.25) is 9.78 Å². The highest BCUT2D eigenvalue weighted by Crippen LogP contribution is 2.28. The number of nitrogens with zero attached hydrogens (tertiary/aromatic N) is 3. The average Bonchev–Trinajstić information content (AvgIpc) is 2.92. The van der Waals surface area contributed by atoms with Gasteiger partial charge < -0.3 is 5.32 Å². The van der Waals surface area contributed by atoms with Gasteiger partial charge in [0.2, 0.25) is 5.91 Å². The number of fused-ring (bicyclic) bond motifs is 1. The highest BCUT2D eigenvalue weighted by molar-refractivity contribution is 7.18. The SMILES string of the molecule is N#CC(C(=O)Nc1ccncc1)c1nc2ccccc2s1. The molecule has 2 aromatic heterocycles. The third kappa shape index (κ3) is 2.73. The second-order valence-corrected chi connectivity index (χ2v) is 5.37. The van der Waals surface area contributed by atoms with Crippen LogP contribution in [-0.2, 0) is 4.79 Å². The second-order valence-electron chi connectivity index (χ2n) is 4.31. The van der Waals surface area contributed by atoms with Gasteiger partial charge in [0.05, 0.1) is 16.3 Å². The molecule has 2 heterocycles. The lowest BCUT2D eigenvalue weighted by molar-refractivity contribution is -0.116. The average molecular weight is 294 g/mol. The summed E-state index contributed by atoms with van der Waals surface area (Å²) < 4.78 is 0.962. The number of carbonyl (C=O) groups excluding carboxylic acids is 1. The van der Waals surface area contributed by atoms with Gasteiger partial charge >= 0.3 is 0 Å². The smallest absolute Gasteiger partial charge is 0.248 e. The van der Waals surface area contributed by atoms with Crippen molar-refractivity contribution in [2.24, 2.45) is 0 Å². The fourth-order valence-corrected chi connectivity index (χ4v) is 2.90. The van der Waals surface area contributed by atoms with E-state index in [4.69, 9.17) is 0 Å². The Morgan fingerprint density at radius 1 is 1.24 bits per heavy atom. The number of rotatable bonds is 3. The van der Waals surface area contributed by atoms with E-state index in [1.807, 2.05) is 30.3 Å². The summed E-state index contributed by atoms with van der Waals surface area (Å²) in [5.74, 6) is -1.31. The lowest BCUT2D eigenvalue weighted by atomic mass is 10.1. The van der Waals surface area contributed by atoms with Crippen LogP contribution in [0.4, 0.5) is 5.69 Å². The Morgan fingerprint density at radius 2 is 2.00 bits per heavy atom. The maximum absolute atomic E-state index is 12.2. The van der Waals surface area contributed by atoms with E-state index in [1.165, 1.54) is 11.3 Å². The first-order chi connectivity index (χ1) is 10.3. The molecule has 1 amide bonds. The summed E-state index contributed by atoms with van der Waals surface area (Å²) in [6.07, 6.45) is 3.16. The number of anilines is 1. The van der Waals surface area contributed by atoms with Crippen molar-refractivity contribution in [3.05, 3.63) is 53.8 Å². The molecule has 102 valence electrons. The van der Waals surface area contributed by atoms with Gasteiger partial charge in [0, 0.05) is 18.1 Å². The summed E-state index contributed by atoms with van der Waals surface area (Å²) in [5.41, 5.74) is 1.41. The van der Waals surface area contributed by atoms with Crippen LogP contribution in [0.15, 0.2) is 48.8 Å². The molecule has 0 aliphatic carbocycles. The Kier molecular flexibility index (Phi) is 3.58. The number of amides is 1. The van der Waals surface area contributed by atoms with Crippen LogP contribution in [0.5, 0.6) is 0 Å². The molecule has 3 rings (SSSR count). The van der Waals surface area contributed by atoms with Crippen molar-refractivity contribution in [1.82, 2.24) is 9.97 Å². The van der Waals surface area contributed by atoms with E-state index in [1.54, 1.807) is 24.5 Å². The first-order valence-corrected chi connectivity index (χ1v) is 7.05. The Bertz CT molecular complexity index is 789. The van der Waals surface area contributed by atoms with Gasteiger partial charge in [0.15, 0.2) is 5.92 Å². The van der Waals surface area contributed by atoms with Gasteiger partial charge in [-0.05, 0) is 24.3 Å². The van der Waals surface area contributed by atoms with Gasteiger partial charge in [0.1, 0.15) is 5.01 Å². The zero-order chi connectivity index (χ0) is 14.7. The van der Waals surface area contributed by atoms with Crippen molar-refractivity contribution in [3.63, 3.8) is 0 Å². The van der Waals surface area contributed by atoms with Crippen LogP contribution < -0.4 is 5.32 Å². The van der Waals surface area contributed by atoms with Crippen molar-refractivity contribution < 1.29 is 4.79 Å². The van der Waals surface area contributed by atoms with E-state index in [-0.39, 0.29) is 5.91 Å². The lowest BCUT2D eigenvalue weighted by Gasteiger charge is -2.07. The summed E-state index contributed by atoms with van der Waals surface area (Å²) in [6, 6.07) is 12.9. The number of para-hydroxylation sites is 1. The van der Waals surface area contributed by atoms with Crippen LogP contribution in [-0.4, -0.2) is 15.9 Å². The first-order valence-electron chi connectivity index (χ1n) is 6.24. The van der Waals surface area contributed by atoms with Crippen LogP contribution in [0.3, 0.4) is 0 Å². The van der Waals surface area contributed by atoms with Crippen molar-refractivity contribution in [1.29, 1.82) is 5.26 Å². The molecule has 0 bridgehead atoms. The van der Waals surface area contributed by atoms with E-state index in [9.17, 15) is 10.1 Å². The fourth-order valence-electron chi connectivity index (χ4n) is 1.89. The number of nitrogens with one attached hydrogen (secondary N) is 1. The highest BCUT2D eigenvalue weighted by Gasteiger charge is 2.24. The lowest BCUT2D eigenvalue weighted by Crippen LogP contribution is -2.19. The number of benzene rings is 1. The summed E-state index contributed by atoms with van der Waals surface area (Å²) in [4.78, 5) is 20.5. The quantitative estimate of drug-likeness (QED) is 0.805. The molecule has 1 aromatic carbocycles. The molecule has 0 fully saturated rings. The van der Waals surface area contributed by atoms with E-state index >= 15 is 0 Å². The molecular formula is C15H10N4OS. The predicted molar refractivity (Wildman–Crippen MR) is 80.8 cm³/mol. The van der Waals surface area contributed by atoms with Gasteiger partial charge in [-0.1, -0.05) is 12.1 Å². The van der Waals surface area contributed by atoms with Crippen molar-refractivity contribution >= 4 is 33.1 Å². The molecule has 6 heteroatoms. The van der Waals surface area contributed by atoms with Gasteiger partial charge in [-0.25, -0.2) is 4.98 Å². The maximum atomic E-state index is 12.2. The Balaban J connectivity index is 1.87. The molecule has 0 saturated heterocycles. The maximum Gasteiger partial charge on any atom is 0.248 e. The molecular weight excluding hydrogens is 284 g/mol. The molecule has 21 heavy (non-hydrogen) atoms. The molecule has 0 saturated carbocycles. The molecule has 0 aliphatic rings. The third-order valence-corrected chi connectivity index (χ3v) is 4.00. The van der Waals surface area contributed by atoms with Crippen molar-refractivity contribution in [2.45, 2.75) is 5.92 Å². The molecule has 3 aromatic rings. The van der Waals surface area contributed by atoms with Crippen LogP contribution in [0.2, 0.25) is 0 Å². The summed E-state index contributed by atoms with van der Waals surface area (Å²) in [5, 5.41) is 12.5. The van der Waals surface area contributed by atoms with E-state index in [2.05, 4.69) is 15.3 Å². The van der Waals surface area contributed by atoms with E-state index in [0.717, 1.165) is 10.2 Å². The number of thiazole rings is 1. The predicted octanol–water partition coefficient (Wildman–Crippen LogP) is 2.94. The molecule has 1 N–H and O–H groups in total. The van der Waals surface area contributed by atoms with Crippen LogP contribution in [0, 0.1) is 11.3 Å². The number of hydrogen-bond donors (Lipinski definition) is 1. The third-order valence-electron chi connectivity index (χ3n) is 2.90. The molecule has 1 atom stereocenters. The number of hydrogen-bond acceptors (Lipinski definition) is 5. The number of nitriles is 1. The molecule has 1 unspecified atom stereocenters. The standard InChI is InChI=1S/C15H10N4OS/c16-9-11(14(20)18-10-5-7-17-8-6-10)15-19-12-3-1-2-4-13(12)21-15/h1-8,11H,(H,17,18,20). The molecule has 0 radical (unpaired) electrons. The van der Waals surface area contributed by atoms with E-state index < -0.39 is 5.92 Å². The van der Waals surface area contributed by atoms with Crippen LogP contribution in [0.25, 0.3) is 10.2 Å². The van der Waals surface area contributed by atoms with Crippen molar-refractivity contribution in [2.75, 3.05) is 5.32 Å². The fraction of sp³-hybridized carbons (Fsp3) is 0.0667. The van der Waals surface area contributed by atoms with Gasteiger partial charge in [-0.2, -0.15) is 5.26 Å². The normalized spacial score (nSPS) is 11.8. The Morgan fingerprint density at radius 3 is 2.71 bits per heavy atom. The monoisotopic (exact) mass is 294 g/mol. The molecule has 5 nitrogen and oxygen atoms in total. The van der Waals surface area contributed by atoms with Crippen molar-refractivity contribution in [3.8, 4) is 6.07 Å². The molecule has 0 aliphatic heterocycles. The number of pyridine rings is 1. The second kappa shape index (κ2) is 5.69. The summed E-state index contributed by atoms with van der Waals surface area (Å²) in [6.45, 7) is 0. The zero-order valence-electron chi connectivity index (χ0n) is 10.9. The van der Waals surface area contributed by atoms with Crippen LogP contribution >= 0.6 is 11.3 Å². The Hall–Kier alpha value is -2.78. The first kappa shape index (κ1) is 13.2.